The maximum Gasteiger partial charge on any atom is 0.277 e. The van der Waals surface area contributed by atoms with Crippen LogP contribution in [0, 0.1) is 20.8 Å². The number of thiazole rings is 1. The summed E-state index contributed by atoms with van der Waals surface area (Å²) in [7, 11) is -1.66. The van der Waals surface area contributed by atoms with Gasteiger partial charge in [-0.2, -0.15) is 5.10 Å². The number of carbonyl (C=O) groups is 1. The molecule has 1 N–H and O–H groups in total. The van der Waals surface area contributed by atoms with Crippen LogP contribution in [0.4, 0.5) is 0 Å². The molecule has 0 fully saturated rings. The van der Waals surface area contributed by atoms with Crippen LogP contribution in [-0.2, 0) is 17.1 Å². The van der Waals surface area contributed by atoms with Crippen molar-refractivity contribution in [2.75, 3.05) is 25.9 Å². The lowest BCUT2D eigenvalue weighted by Gasteiger charge is -2.17. The van der Waals surface area contributed by atoms with E-state index in [1.807, 2.05) is 13.8 Å². The quantitative estimate of drug-likeness (QED) is 0.616. The van der Waals surface area contributed by atoms with Crippen molar-refractivity contribution in [1.29, 1.82) is 0 Å². The lowest BCUT2D eigenvalue weighted by atomic mass is 10.1. The summed E-state index contributed by atoms with van der Waals surface area (Å²) >= 11 is 1.17. The molecule has 11 heteroatoms. The van der Waals surface area contributed by atoms with Crippen LogP contribution < -0.4 is 10.9 Å². The molecule has 0 aliphatic heterocycles. The highest BCUT2D eigenvalue weighted by molar-refractivity contribution is 7.88. The van der Waals surface area contributed by atoms with E-state index in [0.29, 0.717) is 47.2 Å². The highest BCUT2D eigenvalue weighted by Crippen LogP contribution is 2.28. The smallest absolute Gasteiger partial charge is 0.277 e. The number of carbonyl (C=O) groups excluding carboxylic acids is 1. The van der Waals surface area contributed by atoms with Gasteiger partial charge in [0.05, 0.1) is 23.2 Å². The first-order valence-corrected chi connectivity index (χ1v) is 11.9. The van der Waals surface area contributed by atoms with Crippen LogP contribution in [0.25, 0.3) is 10.6 Å². The lowest BCUT2D eigenvalue weighted by Crippen LogP contribution is -2.33. The third-order valence-electron chi connectivity index (χ3n) is 4.63. The predicted molar refractivity (Wildman–Crippen MR) is 114 cm³/mol. The van der Waals surface area contributed by atoms with Crippen LogP contribution in [0.5, 0.6) is 0 Å². The van der Waals surface area contributed by atoms with E-state index in [9.17, 15) is 18.0 Å². The first-order chi connectivity index (χ1) is 13.5. The van der Waals surface area contributed by atoms with E-state index in [4.69, 9.17) is 0 Å². The fourth-order valence-electron chi connectivity index (χ4n) is 2.91. The van der Waals surface area contributed by atoms with Crippen molar-refractivity contribution in [3.8, 4) is 10.6 Å². The fraction of sp³-hybridized carbons (Fsp3) is 0.556. The Labute approximate surface area is 174 Å². The molecule has 0 aromatic carbocycles. The molecule has 0 atom stereocenters. The van der Waals surface area contributed by atoms with Crippen molar-refractivity contribution in [2.45, 2.75) is 34.1 Å². The number of nitrogens with zero attached hydrogens (tertiary/aromatic N) is 4. The van der Waals surface area contributed by atoms with Crippen molar-refractivity contribution in [3.05, 3.63) is 32.2 Å². The van der Waals surface area contributed by atoms with Gasteiger partial charge in [-0.1, -0.05) is 6.92 Å². The molecule has 9 nitrogen and oxygen atoms in total. The summed E-state index contributed by atoms with van der Waals surface area (Å²) < 4.78 is 25.8. The van der Waals surface area contributed by atoms with Crippen LogP contribution in [0.15, 0.2) is 4.79 Å². The highest BCUT2D eigenvalue weighted by atomic mass is 32.2. The van der Waals surface area contributed by atoms with Crippen molar-refractivity contribution < 1.29 is 13.2 Å². The molecule has 0 saturated heterocycles. The first-order valence-electron chi connectivity index (χ1n) is 9.23. The monoisotopic (exact) mass is 441 g/mol. The first kappa shape index (κ1) is 23.2. The Balaban J connectivity index is 2.14. The number of aromatic nitrogens is 3. The zero-order valence-corrected chi connectivity index (χ0v) is 19.2. The van der Waals surface area contributed by atoms with Gasteiger partial charge in [0.25, 0.3) is 11.5 Å². The largest absolute Gasteiger partial charge is 0.351 e. The van der Waals surface area contributed by atoms with E-state index in [2.05, 4.69) is 15.4 Å². The molecule has 2 rings (SSSR count). The Morgan fingerprint density at radius 2 is 1.90 bits per heavy atom. The molecule has 0 radical (unpaired) electrons. The molecule has 0 unspecified atom stereocenters. The van der Waals surface area contributed by atoms with E-state index in [-0.39, 0.29) is 11.5 Å². The summed E-state index contributed by atoms with van der Waals surface area (Å²) in [5, 5.41) is 7.46. The molecular weight excluding hydrogens is 414 g/mol. The summed E-state index contributed by atoms with van der Waals surface area (Å²) in [5.41, 5.74) is 2.22. The van der Waals surface area contributed by atoms with E-state index >= 15 is 0 Å². The molecular formula is C18H27N5O4S2. The van der Waals surface area contributed by atoms with Gasteiger partial charge >= 0.3 is 0 Å². The summed E-state index contributed by atoms with van der Waals surface area (Å²) in [4.78, 5) is 30.0. The van der Waals surface area contributed by atoms with Crippen molar-refractivity contribution in [3.63, 3.8) is 0 Å². The number of nitrogens with one attached hydrogen (secondary N) is 1. The van der Waals surface area contributed by atoms with Gasteiger partial charge < -0.3 is 5.32 Å². The van der Waals surface area contributed by atoms with E-state index in [0.717, 1.165) is 11.3 Å². The molecule has 2 aromatic heterocycles. The number of hydrogen-bond donors (Lipinski definition) is 1. The zero-order valence-electron chi connectivity index (χ0n) is 17.6. The second-order valence-electron chi connectivity index (χ2n) is 6.81. The van der Waals surface area contributed by atoms with Gasteiger partial charge in [0, 0.05) is 26.7 Å². The van der Waals surface area contributed by atoms with Crippen LogP contribution in [-0.4, -0.2) is 59.3 Å². The van der Waals surface area contributed by atoms with Gasteiger partial charge in [-0.25, -0.2) is 22.4 Å². The average Bonchev–Trinajstić information content (AvgIpc) is 3.00. The summed E-state index contributed by atoms with van der Waals surface area (Å²) in [6, 6.07) is 0. The fourth-order valence-corrected chi connectivity index (χ4v) is 4.92. The Bertz CT molecular complexity index is 1070. The minimum absolute atomic E-state index is 0.255. The van der Waals surface area contributed by atoms with Gasteiger partial charge in [0.2, 0.25) is 10.0 Å². The minimum atomic E-state index is -3.24. The lowest BCUT2D eigenvalue weighted by molar-refractivity contribution is 0.0956. The van der Waals surface area contributed by atoms with Crippen LogP contribution >= 0.6 is 11.3 Å². The number of sulfonamides is 1. The minimum Gasteiger partial charge on any atom is -0.351 e. The zero-order chi connectivity index (χ0) is 21.9. The average molecular weight is 442 g/mol. The molecule has 0 saturated carbocycles. The molecule has 2 heterocycles. The second-order valence-corrected chi connectivity index (χ2v) is 9.79. The summed E-state index contributed by atoms with van der Waals surface area (Å²) in [6.45, 7) is 8.21. The Morgan fingerprint density at radius 1 is 1.24 bits per heavy atom. The van der Waals surface area contributed by atoms with E-state index in [1.54, 1.807) is 20.9 Å². The molecule has 0 aliphatic rings. The van der Waals surface area contributed by atoms with Gasteiger partial charge in [-0.3, -0.25) is 9.59 Å². The Hall–Kier alpha value is -2.11. The maximum absolute atomic E-state index is 12.6. The van der Waals surface area contributed by atoms with Gasteiger partial charge in [0.15, 0.2) is 0 Å². The number of rotatable bonds is 8. The second kappa shape index (κ2) is 9.14. The van der Waals surface area contributed by atoms with Crippen LogP contribution in [0.1, 0.15) is 40.0 Å². The molecule has 0 bridgehead atoms. The molecule has 29 heavy (non-hydrogen) atoms. The third kappa shape index (κ3) is 5.28. The van der Waals surface area contributed by atoms with Gasteiger partial charge in [-0.05, 0) is 32.8 Å². The number of amides is 1. The molecule has 1 amide bonds. The maximum atomic E-state index is 12.6. The predicted octanol–water partition coefficient (Wildman–Crippen LogP) is 1.23. The third-order valence-corrected chi connectivity index (χ3v) is 7.19. The van der Waals surface area contributed by atoms with E-state index < -0.39 is 10.0 Å². The number of aryl methyl sites for hydroxylation is 3. The van der Waals surface area contributed by atoms with Crippen molar-refractivity contribution >= 4 is 27.3 Å². The van der Waals surface area contributed by atoms with Crippen molar-refractivity contribution in [1.82, 2.24) is 24.4 Å². The highest BCUT2D eigenvalue weighted by Gasteiger charge is 2.21. The Morgan fingerprint density at radius 3 is 2.48 bits per heavy atom. The normalized spacial score (nSPS) is 11.8. The molecule has 2 aromatic rings. The molecule has 160 valence electrons. The number of hydrogen-bond acceptors (Lipinski definition) is 7. The summed E-state index contributed by atoms with van der Waals surface area (Å²) in [5.74, 6) is -0.283. The summed E-state index contributed by atoms with van der Waals surface area (Å²) in [6.07, 6.45) is 1.67. The molecule has 0 aliphatic carbocycles. The standard InChI is InChI=1S/C18H27N5O4S2/c1-7-23(29(6,26)27)10-8-9-19-16(24)15-13(4)20-17(28-15)14-11(2)12(3)21-22(5)18(14)25/h7-10H2,1-6H3,(H,19,24). The van der Waals surface area contributed by atoms with E-state index in [1.165, 1.54) is 26.6 Å². The van der Waals surface area contributed by atoms with Crippen LogP contribution in [0.3, 0.4) is 0 Å². The van der Waals surface area contributed by atoms with Crippen LogP contribution in [0.2, 0.25) is 0 Å². The van der Waals surface area contributed by atoms with Gasteiger partial charge in [-0.15, -0.1) is 11.3 Å². The SMILES string of the molecule is CCN(CCCNC(=O)c1sc(-c2c(C)c(C)nn(C)c2=O)nc1C)S(C)(=O)=O. The van der Waals surface area contributed by atoms with Gasteiger partial charge in [0.1, 0.15) is 9.88 Å². The Kier molecular flexibility index (Phi) is 7.30. The van der Waals surface area contributed by atoms with Crippen molar-refractivity contribution in [2.24, 2.45) is 7.05 Å². The molecule has 0 spiro atoms. The topological polar surface area (TPSA) is 114 Å².